The van der Waals surface area contributed by atoms with Crippen LogP contribution < -0.4 is 5.32 Å². The molecule has 0 aromatic heterocycles. The molecule has 0 bridgehead atoms. The van der Waals surface area contributed by atoms with E-state index in [-0.39, 0.29) is 30.8 Å². The lowest BCUT2D eigenvalue weighted by Gasteiger charge is -2.32. The van der Waals surface area contributed by atoms with Gasteiger partial charge in [0.2, 0.25) is 11.8 Å². The minimum atomic E-state index is -0.679. The Kier molecular flexibility index (Phi) is 9.55. The maximum atomic E-state index is 13.7. The molecule has 6 heteroatoms. The van der Waals surface area contributed by atoms with Crippen molar-refractivity contribution in [3.05, 3.63) is 106 Å². The number of rotatable bonds is 10. The quantitative estimate of drug-likeness (QED) is 0.369. The molecule has 0 heterocycles. The Morgan fingerprint density at radius 2 is 1.53 bits per heavy atom. The van der Waals surface area contributed by atoms with Crippen molar-refractivity contribution in [3.63, 3.8) is 0 Å². The van der Waals surface area contributed by atoms with Crippen LogP contribution in [-0.4, -0.2) is 28.8 Å². The van der Waals surface area contributed by atoms with Gasteiger partial charge in [0.05, 0.1) is 6.42 Å². The minimum absolute atomic E-state index is 0.00169. The van der Waals surface area contributed by atoms with Crippen LogP contribution in [0.2, 0.25) is 10.0 Å². The van der Waals surface area contributed by atoms with Crippen molar-refractivity contribution in [2.24, 2.45) is 0 Å². The summed E-state index contributed by atoms with van der Waals surface area (Å²) in [7, 11) is 0. The number of hydrogen-bond donors (Lipinski definition) is 1. The first-order chi connectivity index (χ1) is 16.4. The van der Waals surface area contributed by atoms with Gasteiger partial charge in [0.15, 0.2) is 0 Å². The monoisotopic (exact) mass is 496 g/mol. The van der Waals surface area contributed by atoms with Gasteiger partial charge in [-0.05, 0) is 48.2 Å². The highest BCUT2D eigenvalue weighted by Gasteiger charge is 2.31. The Bertz CT molecular complexity index is 1090. The van der Waals surface area contributed by atoms with Crippen molar-refractivity contribution in [2.45, 2.75) is 51.7 Å². The normalized spacial score (nSPS) is 12.6. The lowest BCUT2D eigenvalue weighted by atomic mass is 10.0. The molecular weight excluding hydrogens is 467 g/mol. The van der Waals surface area contributed by atoms with E-state index in [1.807, 2.05) is 74.5 Å². The van der Waals surface area contributed by atoms with E-state index in [0.29, 0.717) is 16.5 Å². The molecule has 0 aliphatic carbocycles. The molecule has 0 unspecified atom stereocenters. The number of amides is 2. The number of hydrogen-bond acceptors (Lipinski definition) is 2. The van der Waals surface area contributed by atoms with Crippen LogP contribution in [0.1, 0.15) is 37.0 Å². The Hall–Kier alpha value is -2.82. The molecule has 2 amide bonds. The van der Waals surface area contributed by atoms with Crippen molar-refractivity contribution in [3.8, 4) is 0 Å². The molecule has 2 atom stereocenters. The average molecular weight is 497 g/mol. The fourth-order valence-electron chi connectivity index (χ4n) is 3.69. The number of carbonyl (C=O) groups excluding carboxylic acids is 2. The molecule has 0 aliphatic rings. The van der Waals surface area contributed by atoms with Crippen LogP contribution >= 0.6 is 23.2 Å². The van der Waals surface area contributed by atoms with Crippen molar-refractivity contribution < 1.29 is 9.59 Å². The smallest absolute Gasteiger partial charge is 0.243 e. The molecule has 0 aliphatic heterocycles. The van der Waals surface area contributed by atoms with Gasteiger partial charge in [-0.2, -0.15) is 0 Å². The number of halogens is 2. The highest BCUT2D eigenvalue weighted by atomic mass is 35.5. The van der Waals surface area contributed by atoms with Gasteiger partial charge in [0.1, 0.15) is 6.04 Å². The van der Waals surface area contributed by atoms with Crippen LogP contribution in [0.5, 0.6) is 0 Å². The van der Waals surface area contributed by atoms with E-state index in [1.54, 1.807) is 23.1 Å². The second-order valence-corrected chi connectivity index (χ2v) is 9.28. The van der Waals surface area contributed by atoms with Gasteiger partial charge in [-0.15, -0.1) is 0 Å². The molecule has 34 heavy (non-hydrogen) atoms. The van der Waals surface area contributed by atoms with E-state index in [4.69, 9.17) is 23.2 Å². The Balaban J connectivity index is 1.97. The van der Waals surface area contributed by atoms with Crippen molar-refractivity contribution in [2.75, 3.05) is 0 Å². The average Bonchev–Trinajstić information content (AvgIpc) is 2.84. The van der Waals surface area contributed by atoms with Crippen LogP contribution in [0.3, 0.4) is 0 Å². The summed E-state index contributed by atoms with van der Waals surface area (Å²) in [5.74, 6) is -0.331. The third kappa shape index (κ3) is 7.34. The van der Waals surface area contributed by atoms with E-state index in [9.17, 15) is 9.59 Å². The number of benzene rings is 3. The van der Waals surface area contributed by atoms with Gasteiger partial charge in [0.25, 0.3) is 0 Å². The summed E-state index contributed by atoms with van der Waals surface area (Å²) in [4.78, 5) is 28.8. The van der Waals surface area contributed by atoms with Crippen LogP contribution in [-0.2, 0) is 29.0 Å². The standard InChI is InChI=1S/C28H30Cl2N2O2/c1-3-20(2)31-28(34)26(17-21-9-5-4-6-10-21)32(19-22-13-15-24(29)16-14-22)27(33)18-23-11-7-8-12-25(23)30/h4-16,20,26H,3,17-19H2,1-2H3,(H,31,34)/t20-,26-/m0/s1. The van der Waals surface area contributed by atoms with E-state index in [2.05, 4.69) is 5.32 Å². The van der Waals surface area contributed by atoms with E-state index in [1.165, 1.54) is 0 Å². The molecule has 3 aromatic carbocycles. The topological polar surface area (TPSA) is 49.4 Å². The summed E-state index contributed by atoms with van der Waals surface area (Å²) in [6.07, 6.45) is 1.31. The fourth-order valence-corrected chi connectivity index (χ4v) is 4.02. The van der Waals surface area contributed by atoms with Gasteiger partial charge in [-0.1, -0.05) is 90.8 Å². The van der Waals surface area contributed by atoms with Crippen molar-refractivity contribution in [1.29, 1.82) is 0 Å². The third-order valence-corrected chi connectivity index (χ3v) is 6.46. The molecule has 3 rings (SSSR count). The largest absolute Gasteiger partial charge is 0.352 e. The molecule has 0 saturated carbocycles. The van der Waals surface area contributed by atoms with Gasteiger partial charge in [0, 0.05) is 29.1 Å². The molecule has 0 spiro atoms. The SMILES string of the molecule is CC[C@H](C)NC(=O)[C@H](Cc1ccccc1)N(Cc1ccc(Cl)cc1)C(=O)Cc1ccccc1Cl. The highest BCUT2D eigenvalue weighted by Crippen LogP contribution is 2.21. The zero-order chi connectivity index (χ0) is 24.5. The van der Waals surface area contributed by atoms with Crippen molar-refractivity contribution in [1.82, 2.24) is 10.2 Å². The predicted octanol–water partition coefficient (Wildman–Crippen LogP) is 6.09. The van der Waals surface area contributed by atoms with Crippen LogP contribution in [0, 0.1) is 0 Å². The molecule has 0 radical (unpaired) electrons. The first-order valence-corrected chi connectivity index (χ1v) is 12.2. The lowest BCUT2D eigenvalue weighted by Crippen LogP contribution is -2.52. The van der Waals surface area contributed by atoms with Crippen LogP contribution in [0.25, 0.3) is 0 Å². The van der Waals surface area contributed by atoms with Crippen LogP contribution in [0.15, 0.2) is 78.9 Å². The number of nitrogens with one attached hydrogen (secondary N) is 1. The van der Waals surface area contributed by atoms with Gasteiger partial charge < -0.3 is 10.2 Å². The lowest BCUT2D eigenvalue weighted by molar-refractivity contribution is -0.141. The Morgan fingerprint density at radius 1 is 0.882 bits per heavy atom. The van der Waals surface area contributed by atoms with E-state index >= 15 is 0 Å². The molecule has 178 valence electrons. The first-order valence-electron chi connectivity index (χ1n) is 11.5. The molecule has 0 saturated heterocycles. The summed E-state index contributed by atoms with van der Waals surface area (Å²) >= 11 is 12.4. The second-order valence-electron chi connectivity index (χ2n) is 8.44. The first kappa shape index (κ1) is 25.8. The maximum Gasteiger partial charge on any atom is 0.243 e. The Morgan fingerprint density at radius 3 is 2.18 bits per heavy atom. The molecule has 1 N–H and O–H groups in total. The predicted molar refractivity (Wildman–Crippen MR) is 139 cm³/mol. The Labute approximate surface area is 211 Å². The molecule has 4 nitrogen and oxygen atoms in total. The summed E-state index contributed by atoms with van der Waals surface area (Å²) in [5.41, 5.74) is 2.61. The molecule has 0 fully saturated rings. The van der Waals surface area contributed by atoms with Gasteiger partial charge in [-0.25, -0.2) is 0 Å². The van der Waals surface area contributed by atoms with Gasteiger partial charge in [-0.3, -0.25) is 9.59 Å². The molecular formula is C28H30Cl2N2O2. The van der Waals surface area contributed by atoms with Crippen LogP contribution in [0.4, 0.5) is 0 Å². The maximum absolute atomic E-state index is 13.7. The fraction of sp³-hybridized carbons (Fsp3) is 0.286. The third-order valence-electron chi connectivity index (χ3n) is 5.84. The zero-order valence-electron chi connectivity index (χ0n) is 19.5. The van der Waals surface area contributed by atoms with E-state index in [0.717, 1.165) is 23.1 Å². The zero-order valence-corrected chi connectivity index (χ0v) is 21.0. The summed E-state index contributed by atoms with van der Waals surface area (Å²) in [6.45, 7) is 4.27. The summed E-state index contributed by atoms with van der Waals surface area (Å²) < 4.78 is 0. The number of nitrogens with zero attached hydrogens (tertiary/aromatic N) is 1. The van der Waals surface area contributed by atoms with E-state index < -0.39 is 6.04 Å². The summed E-state index contributed by atoms with van der Waals surface area (Å²) in [5, 5.41) is 4.23. The molecule has 3 aromatic rings. The second kappa shape index (κ2) is 12.6. The minimum Gasteiger partial charge on any atom is -0.352 e. The van der Waals surface area contributed by atoms with Gasteiger partial charge >= 0.3 is 0 Å². The summed E-state index contributed by atoms with van der Waals surface area (Å²) in [6, 6.07) is 23.7. The highest BCUT2D eigenvalue weighted by molar-refractivity contribution is 6.31. The van der Waals surface area contributed by atoms with Crippen molar-refractivity contribution >= 4 is 35.0 Å². The number of carbonyl (C=O) groups is 2.